The fourth-order valence-electron chi connectivity index (χ4n) is 1.00. The Kier molecular flexibility index (Phi) is 3.00. The van der Waals surface area contributed by atoms with Gasteiger partial charge in [-0.25, -0.2) is 12.8 Å². The molecule has 0 radical (unpaired) electrons. The molecule has 1 rings (SSSR count). The first-order chi connectivity index (χ1) is 6.40. The van der Waals surface area contributed by atoms with Crippen molar-refractivity contribution < 1.29 is 17.6 Å². The summed E-state index contributed by atoms with van der Waals surface area (Å²) in [7, 11) is -3.40. The molecular formula is C9H9FO3S. The highest BCUT2D eigenvalue weighted by molar-refractivity contribution is 7.91. The van der Waals surface area contributed by atoms with Crippen molar-refractivity contribution in [1.29, 1.82) is 0 Å². The standard InChI is InChI=1S/C9H9FO3S/c1-14(12,13)6-9(11)7-4-2-3-5-8(7)10/h2-5H,6H2,1H3. The topological polar surface area (TPSA) is 51.2 Å². The molecule has 0 unspecified atom stereocenters. The molecule has 0 spiro atoms. The van der Waals surface area contributed by atoms with Gasteiger partial charge in [0.1, 0.15) is 11.6 Å². The van der Waals surface area contributed by atoms with Crippen molar-refractivity contribution in [1.82, 2.24) is 0 Å². The van der Waals surface area contributed by atoms with E-state index in [-0.39, 0.29) is 5.56 Å². The van der Waals surface area contributed by atoms with Gasteiger partial charge in [0.05, 0.1) is 5.56 Å². The predicted molar refractivity (Wildman–Crippen MR) is 50.4 cm³/mol. The molecule has 76 valence electrons. The van der Waals surface area contributed by atoms with Gasteiger partial charge in [0.15, 0.2) is 15.6 Å². The van der Waals surface area contributed by atoms with Crippen LogP contribution in [0.15, 0.2) is 24.3 Å². The summed E-state index contributed by atoms with van der Waals surface area (Å²) in [6, 6.07) is 5.31. The van der Waals surface area contributed by atoms with E-state index in [0.29, 0.717) is 0 Å². The molecule has 0 aliphatic carbocycles. The third-order valence-corrected chi connectivity index (χ3v) is 2.35. The van der Waals surface area contributed by atoms with Crippen LogP contribution in [0.4, 0.5) is 4.39 Å². The molecule has 0 aliphatic heterocycles. The van der Waals surface area contributed by atoms with Gasteiger partial charge < -0.3 is 0 Å². The van der Waals surface area contributed by atoms with Gasteiger partial charge in [0, 0.05) is 6.26 Å². The van der Waals surface area contributed by atoms with Crippen LogP contribution >= 0.6 is 0 Å². The minimum Gasteiger partial charge on any atom is -0.293 e. The molecule has 14 heavy (non-hydrogen) atoms. The lowest BCUT2D eigenvalue weighted by atomic mass is 10.1. The molecule has 0 amide bonds. The number of ketones is 1. The van der Waals surface area contributed by atoms with Crippen molar-refractivity contribution in [2.45, 2.75) is 0 Å². The van der Waals surface area contributed by atoms with E-state index in [1.165, 1.54) is 18.2 Å². The number of benzene rings is 1. The van der Waals surface area contributed by atoms with E-state index in [0.717, 1.165) is 12.3 Å². The van der Waals surface area contributed by atoms with Crippen LogP contribution in [-0.2, 0) is 9.84 Å². The summed E-state index contributed by atoms with van der Waals surface area (Å²) in [6.45, 7) is 0. The van der Waals surface area contributed by atoms with Gasteiger partial charge in [0.25, 0.3) is 0 Å². The molecule has 1 aromatic rings. The summed E-state index contributed by atoms with van der Waals surface area (Å²) in [4.78, 5) is 11.3. The summed E-state index contributed by atoms with van der Waals surface area (Å²) in [5.41, 5.74) is -0.182. The second-order valence-electron chi connectivity index (χ2n) is 2.97. The molecule has 5 heteroatoms. The number of hydrogen-bond acceptors (Lipinski definition) is 3. The average Bonchev–Trinajstić information content (AvgIpc) is 2.01. The molecule has 0 fully saturated rings. The summed E-state index contributed by atoms with van der Waals surface area (Å²) in [5, 5.41) is 0. The van der Waals surface area contributed by atoms with E-state index in [4.69, 9.17) is 0 Å². The summed E-state index contributed by atoms with van der Waals surface area (Å²) in [6.07, 6.45) is 0.936. The van der Waals surface area contributed by atoms with E-state index < -0.39 is 27.2 Å². The van der Waals surface area contributed by atoms with E-state index in [9.17, 15) is 17.6 Å². The molecule has 0 aromatic heterocycles. The molecule has 0 saturated heterocycles. The Balaban J connectivity index is 2.97. The molecule has 0 aliphatic rings. The van der Waals surface area contributed by atoms with Crippen molar-refractivity contribution in [3.05, 3.63) is 35.6 Å². The highest BCUT2D eigenvalue weighted by Crippen LogP contribution is 2.07. The zero-order valence-corrected chi connectivity index (χ0v) is 8.34. The van der Waals surface area contributed by atoms with Crippen LogP contribution < -0.4 is 0 Å². The largest absolute Gasteiger partial charge is 0.293 e. The molecule has 1 aromatic carbocycles. The van der Waals surface area contributed by atoms with Crippen LogP contribution in [0, 0.1) is 5.82 Å². The van der Waals surface area contributed by atoms with E-state index >= 15 is 0 Å². The molecular weight excluding hydrogens is 207 g/mol. The van der Waals surface area contributed by atoms with Crippen molar-refractivity contribution in [3.63, 3.8) is 0 Å². The maximum atomic E-state index is 13.0. The summed E-state index contributed by atoms with van der Waals surface area (Å²) >= 11 is 0. The van der Waals surface area contributed by atoms with Gasteiger partial charge in [0.2, 0.25) is 0 Å². The molecule has 0 atom stereocenters. The van der Waals surface area contributed by atoms with Crippen LogP contribution in [-0.4, -0.2) is 26.2 Å². The van der Waals surface area contributed by atoms with Gasteiger partial charge in [-0.2, -0.15) is 0 Å². The fourth-order valence-corrected chi connectivity index (χ4v) is 1.63. The first kappa shape index (κ1) is 10.8. The second-order valence-corrected chi connectivity index (χ2v) is 5.11. The molecule has 0 heterocycles. The zero-order valence-electron chi connectivity index (χ0n) is 7.53. The van der Waals surface area contributed by atoms with Crippen molar-refractivity contribution >= 4 is 15.6 Å². The summed E-state index contributed by atoms with van der Waals surface area (Å²) < 4.78 is 34.6. The molecule has 0 bridgehead atoms. The Labute approximate surface area is 81.5 Å². The summed E-state index contributed by atoms with van der Waals surface area (Å²) in [5.74, 6) is -2.07. The lowest BCUT2D eigenvalue weighted by Gasteiger charge is -2.00. The number of carbonyl (C=O) groups excluding carboxylic acids is 1. The number of Topliss-reactive ketones (excluding diaryl/α,β-unsaturated/α-hetero) is 1. The fraction of sp³-hybridized carbons (Fsp3) is 0.222. The smallest absolute Gasteiger partial charge is 0.180 e. The first-order valence-electron chi connectivity index (χ1n) is 3.85. The van der Waals surface area contributed by atoms with Crippen molar-refractivity contribution in [3.8, 4) is 0 Å². The van der Waals surface area contributed by atoms with Crippen LogP contribution in [0.25, 0.3) is 0 Å². The SMILES string of the molecule is CS(=O)(=O)CC(=O)c1ccccc1F. The minimum absolute atomic E-state index is 0.182. The molecule has 0 N–H and O–H groups in total. The van der Waals surface area contributed by atoms with Gasteiger partial charge in [-0.1, -0.05) is 12.1 Å². The van der Waals surface area contributed by atoms with Crippen LogP contribution in [0.3, 0.4) is 0 Å². The van der Waals surface area contributed by atoms with E-state index in [2.05, 4.69) is 0 Å². The zero-order chi connectivity index (χ0) is 10.8. The first-order valence-corrected chi connectivity index (χ1v) is 5.91. The number of rotatable bonds is 3. The number of carbonyl (C=O) groups is 1. The van der Waals surface area contributed by atoms with Crippen molar-refractivity contribution in [2.24, 2.45) is 0 Å². The lowest BCUT2D eigenvalue weighted by molar-refractivity contribution is 0.101. The third-order valence-electron chi connectivity index (χ3n) is 1.57. The lowest BCUT2D eigenvalue weighted by Crippen LogP contribution is -2.15. The highest BCUT2D eigenvalue weighted by atomic mass is 32.2. The predicted octanol–water partition coefficient (Wildman–Crippen LogP) is 1.05. The quantitative estimate of drug-likeness (QED) is 0.710. The van der Waals surface area contributed by atoms with E-state index in [1.807, 2.05) is 0 Å². The number of hydrogen-bond donors (Lipinski definition) is 0. The highest BCUT2D eigenvalue weighted by Gasteiger charge is 2.15. The Morgan fingerprint density at radius 2 is 1.93 bits per heavy atom. The third kappa shape index (κ3) is 2.92. The Bertz CT molecular complexity index is 451. The Morgan fingerprint density at radius 1 is 1.36 bits per heavy atom. The average molecular weight is 216 g/mol. The number of halogens is 1. The second kappa shape index (κ2) is 3.88. The van der Waals surface area contributed by atoms with Gasteiger partial charge in [-0.3, -0.25) is 4.79 Å². The van der Waals surface area contributed by atoms with Gasteiger partial charge in [-0.15, -0.1) is 0 Å². The Morgan fingerprint density at radius 3 is 2.43 bits per heavy atom. The normalized spacial score (nSPS) is 11.3. The maximum absolute atomic E-state index is 13.0. The monoisotopic (exact) mass is 216 g/mol. The Hall–Kier alpha value is -1.23. The molecule has 3 nitrogen and oxygen atoms in total. The van der Waals surface area contributed by atoms with Crippen LogP contribution in [0.2, 0.25) is 0 Å². The van der Waals surface area contributed by atoms with Gasteiger partial charge >= 0.3 is 0 Å². The van der Waals surface area contributed by atoms with E-state index in [1.54, 1.807) is 0 Å². The minimum atomic E-state index is -3.40. The van der Waals surface area contributed by atoms with Crippen LogP contribution in [0.5, 0.6) is 0 Å². The van der Waals surface area contributed by atoms with Crippen LogP contribution in [0.1, 0.15) is 10.4 Å². The molecule has 0 saturated carbocycles. The van der Waals surface area contributed by atoms with Crippen molar-refractivity contribution in [2.75, 3.05) is 12.0 Å². The maximum Gasteiger partial charge on any atom is 0.180 e. The van der Waals surface area contributed by atoms with Gasteiger partial charge in [-0.05, 0) is 12.1 Å². The number of sulfone groups is 1.